The first-order chi connectivity index (χ1) is 28.1. The molecule has 12 atom stereocenters. The molecule has 0 bridgehead atoms. The van der Waals surface area contributed by atoms with Gasteiger partial charge in [0.2, 0.25) is 5.91 Å². The van der Waals surface area contributed by atoms with Gasteiger partial charge >= 0.3 is 0 Å². The second-order valence-electron chi connectivity index (χ2n) is 16.5. The molecular formula is C44H83NO13. The second kappa shape index (κ2) is 32.4. The summed E-state index contributed by atoms with van der Waals surface area (Å²) in [7, 11) is 0. The lowest BCUT2D eigenvalue weighted by Gasteiger charge is -2.46. The van der Waals surface area contributed by atoms with Crippen LogP contribution in [0.15, 0.2) is 12.2 Å². The summed E-state index contributed by atoms with van der Waals surface area (Å²) in [6.45, 7) is 2.41. The van der Waals surface area contributed by atoms with Gasteiger partial charge in [-0.15, -0.1) is 0 Å². The molecule has 342 valence electrons. The highest BCUT2D eigenvalue weighted by molar-refractivity contribution is 5.76. The van der Waals surface area contributed by atoms with Crippen LogP contribution in [-0.2, 0) is 23.7 Å². The van der Waals surface area contributed by atoms with Gasteiger partial charge in [0, 0.05) is 6.42 Å². The third kappa shape index (κ3) is 20.5. The van der Waals surface area contributed by atoms with Crippen molar-refractivity contribution in [2.45, 2.75) is 242 Å². The summed E-state index contributed by atoms with van der Waals surface area (Å²) in [4.78, 5) is 12.5. The Morgan fingerprint density at radius 3 is 1.55 bits per heavy atom. The molecule has 1 amide bonds. The Morgan fingerprint density at radius 2 is 1.07 bits per heavy atom. The molecule has 2 aliphatic rings. The van der Waals surface area contributed by atoms with Crippen molar-refractivity contribution in [1.82, 2.24) is 5.32 Å². The van der Waals surface area contributed by atoms with Crippen molar-refractivity contribution in [3.63, 3.8) is 0 Å². The zero-order valence-electron chi connectivity index (χ0n) is 35.8. The summed E-state index contributed by atoms with van der Waals surface area (Å²) in [5, 5.41) is 85.5. The number of carbonyl (C=O) groups excluding carboxylic acids is 1. The van der Waals surface area contributed by atoms with E-state index in [-0.39, 0.29) is 18.9 Å². The average Bonchev–Trinajstić information content (AvgIpc) is 3.21. The number of allylic oxidation sites excluding steroid dienone is 1. The Morgan fingerprint density at radius 1 is 0.603 bits per heavy atom. The van der Waals surface area contributed by atoms with Gasteiger partial charge in [-0.25, -0.2) is 0 Å². The van der Waals surface area contributed by atoms with Crippen LogP contribution in [-0.4, -0.2) is 140 Å². The highest BCUT2D eigenvalue weighted by Gasteiger charge is 2.50. The molecule has 0 aliphatic carbocycles. The van der Waals surface area contributed by atoms with E-state index in [0.717, 1.165) is 19.3 Å². The molecule has 2 rings (SSSR count). The van der Waals surface area contributed by atoms with E-state index < -0.39 is 86.8 Å². The van der Waals surface area contributed by atoms with Crippen LogP contribution in [0.4, 0.5) is 0 Å². The Labute approximate surface area is 348 Å². The Hall–Kier alpha value is -1.27. The maximum absolute atomic E-state index is 12.5. The van der Waals surface area contributed by atoms with Crippen LogP contribution >= 0.6 is 0 Å². The maximum atomic E-state index is 12.5. The Kier molecular flexibility index (Phi) is 29.6. The predicted molar refractivity (Wildman–Crippen MR) is 222 cm³/mol. The van der Waals surface area contributed by atoms with Gasteiger partial charge in [0.05, 0.1) is 32.0 Å². The van der Waals surface area contributed by atoms with Crippen LogP contribution < -0.4 is 5.32 Å². The number of carbonyl (C=O) groups is 1. The molecule has 0 aromatic carbocycles. The Bertz CT molecular complexity index is 1040. The molecule has 0 saturated carbocycles. The maximum Gasteiger partial charge on any atom is 0.220 e. The number of unbranched alkanes of at least 4 members (excludes halogenated alkanes) is 21. The molecule has 0 spiro atoms. The van der Waals surface area contributed by atoms with E-state index in [2.05, 4.69) is 12.2 Å². The number of nitrogens with one attached hydrogen (secondary N) is 1. The number of hydrogen-bond donors (Lipinski definition) is 9. The van der Waals surface area contributed by atoms with Gasteiger partial charge in [-0.05, 0) is 19.3 Å². The fourth-order valence-corrected chi connectivity index (χ4v) is 7.69. The van der Waals surface area contributed by atoms with Crippen molar-refractivity contribution in [3.05, 3.63) is 12.2 Å². The first-order valence-electron chi connectivity index (χ1n) is 22.9. The fraction of sp³-hybridized carbons (Fsp3) is 0.932. The third-order valence-corrected chi connectivity index (χ3v) is 11.4. The second-order valence-corrected chi connectivity index (χ2v) is 16.5. The number of rotatable bonds is 34. The normalized spacial score (nSPS) is 28.9. The topological polar surface area (TPSA) is 228 Å². The van der Waals surface area contributed by atoms with Gasteiger partial charge in [0.1, 0.15) is 48.8 Å². The van der Waals surface area contributed by atoms with Crippen molar-refractivity contribution in [2.75, 3.05) is 19.8 Å². The zero-order chi connectivity index (χ0) is 42.5. The molecule has 2 saturated heterocycles. The van der Waals surface area contributed by atoms with Gasteiger partial charge in [-0.3, -0.25) is 4.79 Å². The van der Waals surface area contributed by atoms with E-state index in [9.17, 15) is 45.6 Å². The first kappa shape index (κ1) is 52.9. The summed E-state index contributed by atoms with van der Waals surface area (Å²) in [6, 6.07) is -0.904. The highest BCUT2D eigenvalue weighted by atomic mass is 16.7. The third-order valence-electron chi connectivity index (χ3n) is 11.4. The van der Waals surface area contributed by atoms with Crippen molar-refractivity contribution in [3.8, 4) is 0 Å². The van der Waals surface area contributed by atoms with Crippen LogP contribution in [0, 0.1) is 0 Å². The first-order valence-corrected chi connectivity index (χ1v) is 22.9. The quantitative estimate of drug-likeness (QED) is 0.0324. The molecule has 12 unspecified atom stereocenters. The van der Waals surface area contributed by atoms with Crippen LogP contribution in [0.25, 0.3) is 0 Å². The summed E-state index contributed by atoms with van der Waals surface area (Å²) in [5.74, 6) is -0.292. The fourth-order valence-electron chi connectivity index (χ4n) is 7.69. The monoisotopic (exact) mass is 834 g/mol. The lowest BCUT2D eigenvalue weighted by molar-refractivity contribution is -0.359. The molecule has 14 heteroatoms. The average molecular weight is 834 g/mol. The molecule has 9 N–H and O–H groups in total. The van der Waals surface area contributed by atoms with E-state index >= 15 is 0 Å². The minimum Gasteiger partial charge on any atom is -0.394 e. The van der Waals surface area contributed by atoms with Gasteiger partial charge in [0.15, 0.2) is 12.6 Å². The standard InChI is InChI=1S/C44H83NO13/c1-3-5-6-7-8-9-10-11-12-13-14-15-16-17-18-19-20-21-22-23-24-25-26-28-33(48)32(45-36(49)27-4-2)31-55-43-41(54)39(52)42(35(30-47)57-43)58-44-40(53)38(51)37(50)34(29-46)56-44/h26,28,32-35,37-44,46-48,50-54H,3-25,27,29-31H2,1-2H3,(H,45,49)/b28-26+. The SMILES string of the molecule is CCCCCCCCCCCCCCCCCCCCCCC/C=C/C(O)C(COC1OC(CO)C(OC2OC(CO)C(O)C(O)C2O)C(O)C1O)NC(=O)CCC. The molecule has 58 heavy (non-hydrogen) atoms. The Balaban J connectivity index is 1.65. The molecule has 0 radical (unpaired) electrons. The van der Waals surface area contributed by atoms with Gasteiger partial charge in [-0.1, -0.05) is 154 Å². The number of aliphatic hydroxyl groups excluding tert-OH is 8. The minimum absolute atomic E-state index is 0.233. The van der Waals surface area contributed by atoms with E-state index in [4.69, 9.17) is 18.9 Å². The zero-order valence-corrected chi connectivity index (χ0v) is 35.8. The van der Waals surface area contributed by atoms with E-state index in [1.54, 1.807) is 6.08 Å². The summed E-state index contributed by atoms with van der Waals surface area (Å²) in [5.41, 5.74) is 0. The highest BCUT2D eigenvalue weighted by Crippen LogP contribution is 2.30. The van der Waals surface area contributed by atoms with Crippen molar-refractivity contribution < 1.29 is 64.6 Å². The number of ether oxygens (including phenoxy) is 4. The lowest BCUT2D eigenvalue weighted by atomic mass is 9.97. The van der Waals surface area contributed by atoms with Crippen molar-refractivity contribution in [1.29, 1.82) is 0 Å². The molecule has 0 aromatic rings. The van der Waals surface area contributed by atoms with Crippen molar-refractivity contribution >= 4 is 5.91 Å². The van der Waals surface area contributed by atoms with E-state index in [1.165, 1.54) is 122 Å². The smallest absolute Gasteiger partial charge is 0.220 e. The van der Waals surface area contributed by atoms with Gasteiger partial charge < -0.3 is 65.1 Å². The van der Waals surface area contributed by atoms with E-state index in [0.29, 0.717) is 6.42 Å². The summed E-state index contributed by atoms with van der Waals surface area (Å²) < 4.78 is 22.4. The van der Waals surface area contributed by atoms with Gasteiger partial charge in [-0.2, -0.15) is 0 Å². The number of amides is 1. The number of aliphatic hydroxyl groups is 8. The largest absolute Gasteiger partial charge is 0.394 e. The molecule has 14 nitrogen and oxygen atoms in total. The molecule has 0 aromatic heterocycles. The lowest BCUT2D eigenvalue weighted by Crippen LogP contribution is -2.65. The predicted octanol–water partition coefficient (Wildman–Crippen LogP) is 4.43. The van der Waals surface area contributed by atoms with Crippen molar-refractivity contribution in [2.24, 2.45) is 0 Å². The van der Waals surface area contributed by atoms with Gasteiger partial charge in [0.25, 0.3) is 0 Å². The molecule has 2 heterocycles. The minimum atomic E-state index is -1.78. The van der Waals surface area contributed by atoms with Crippen LogP contribution in [0.3, 0.4) is 0 Å². The summed E-state index contributed by atoms with van der Waals surface area (Å²) in [6.07, 6.45) is 16.0. The van der Waals surface area contributed by atoms with E-state index in [1.807, 2.05) is 13.0 Å². The van der Waals surface area contributed by atoms with Crippen LogP contribution in [0.5, 0.6) is 0 Å². The molecule has 2 fully saturated rings. The molecule has 2 aliphatic heterocycles. The molecular weight excluding hydrogens is 750 g/mol. The van der Waals surface area contributed by atoms with Crippen LogP contribution in [0.2, 0.25) is 0 Å². The summed E-state index contributed by atoms with van der Waals surface area (Å²) >= 11 is 0. The van der Waals surface area contributed by atoms with Crippen LogP contribution in [0.1, 0.15) is 168 Å². The number of hydrogen-bond acceptors (Lipinski definition) is 13.